The first kappa shape index (κ1) is 14.2. The van der Waals surface area contributed by atoms with Crippen molar-refractivity contribution in [2.45, 2.75) is 6.92 Å². The Morgan fingerprint density at radius 1 is 1.29 bits per heavy atom. The number of aryl methyl sites for hydroxylation is 1. The molecule has 0 radical (unpaired) electrons. The van der Waals surface area contributed by atoms with Crippen LogP contribution in [0.5, 0.6) is 0 Å². The third-order valence-corrected chi connectivity index (χ3v) is 5.25. The minimum atomic E-state index is -0.670. The molecule has 0 aliphatic rings. The van der Waals surface area contributed by atoms with Crippen LogP contribution in [0.3, 0.4) is 0 Å². The van der Waals surface area contributed by atoms with Gasteiger partial charge in [0.2, 0.25) is 0 Å². The predicted molar refractivity (Wildman–Crippen MR) is 84.1 cm³/mol. The molecule has 7 heteroatoms. The summed E-state index contributed by atoms with van der Waals surface area (Å²) in [6.45, 7) is 1.96. The highest BCUT2D eigenvalue weighted by Gasteiger charge is 2.20. The fourth-order valence-electron chi connectivity index (χ4n) is 2.08. The van der Waals surface area contributed by atoms with E-state index in [9.17, 15) is 8.78 Å². The van der Waals surface area contributed by atoms with Crippen molar-refractivity contribution >= 4 is 33.1 Å². The molecule has 3 N–H and O–H groups in total. The van der Waals surface area contributed by atoms with Crippen LogP contribution in [-0.2, 0) is 0 Å². The lowest BCUT2D eigenvalue weighted by molar-refractivity contribution is 0.585. The molecular formula is C14H10BrF2N3S. The van der Waals surface area contributed by atoms with Gasteiger partial charge in [-0.3, -0.25) is 5.10 Å². The molecule has 0 saturated heterocycles. The summed E-state index contributed by atoms with van der Waals surface area (Å²) in [5, 5.41) is 6.78. The highest BCUT2D eigenvalue weighted by atomic mass is 79.9. The molecule has 0 amide bonds. The molecule has 0 aliphatic carbocycles. The summed E-state index contributed by atoms with van der Waals surface area (Å²) in [4.78, 5) is 0.877. The maximum absolute atomic E-state index is 14.0. The third kappa shape index (κ3) is 2.47. The highest BCUT2D eigenvalue weighted by molar-refractivity contribution is 9.11. The van der Waals surface area contributed by atoms with Gasteiger partial charge in [-0.2, -0.15) is 5.10 Å². The third-order valence-electron chi connectivity index (χ3n) is 3.10. The molecule has 0 bridgehead atoms. The maximum Gasteiger partial charge on any atom is 0.153 e. The summed E-state index contributed by atoms with van der Waals surface area (Å²) in [6.07, 6.45) is 0. The van der Waals surface area contributed by atoms with Gasteiger partial charge in [0.05, 0.1) is 19.9 Å². The van der Waals surface area contributed by atoms with Crippen LogP contribution >= 0.6 is 27.3 Å². The average Bonchev–Trinajstić information content (AvgIpc) is 2.94. The second-order valence-corrected chi connectivity index (χ2v) is 6.92. The van der Waals surface area contributed by atoms with Crippen molar-refractivity contribution in [2.75, 3.05) is 5.73 Å². The number of aromatic amines is 1. The molecule has 21 heavy (non-hydrogen) atoms. The molecule has 0 unspecified atom stereocenters. The fraction of sp³-hybridized carbons (Fsp3) is 0.0714. The topological polar surface area (TPSA) is 54.7 Å². The van der Waals surface area contributed by atoms with Gasteiger partial charge in [-0.15, -0.1) is 11.3 Å². The molecule has 108 valence electrons. The van der Waals surface area contributed by atoms with Crippen LogP contribution in [0.15, 0.2) is 28.1 Å². The largest absolute Gasteiger partial charge is 0.382 e. The Morgan fingerprint density at radius 2 is 2.05 bits per heavy atom. The fourth-order valence-corrected chi connectivity index (χ4v) is 3.62. The van der Waals surface area contributed by atoms with Gasteiger partial charge < -0.3 is 5.73 Å². The van der Waals surface area contributed by atoms with Crippen molar-refractivity contribution in [3.63, 3.8) is 0 Å². The first-order chi connectivity index (χ1) is 9.97. The van der Waals surface area contributed by atoms with Crippen molar-refractivity contribution in [3.8, 4) is 21.7 Å². The number of rotatable bonds is 2. The second kappa shape index (κ2) is 5.23. The Balaban J connectivity index is 2.21. The zero-order valence-electron chi connectivity index (χ0n) is 10.9. The lowest BCUT2D eigenvalue weighted by atomic mass is 10.0. The second-order valence-electron chi connectivity index (χ2n) is 4.55. The van der Waals surface area contributed by atoms with Crippen LogP contribution in [0.2, 0.25) is 0 Å². The van der Waals surface area contributed by atoms with E-state index >= 15 is 0 Å². The normalized spacial score (nSPS) is 11.0. The first-order valence-electron chi connectivity index (χ1n) is 6.03. The van der Waals surface area contributed by atoms with Crippen LogP contribution < -0.4 is 5.73 Å². The van der Waals surface area contributed by atoms with Crippen LogP contribution in [0.25, 0.3) is 21.7 Å². The summed E-state index contributed by atoms with van der Waals surface area (Å²) in [5.41, 5.74) is 8.21. The molecule has 3 aromatic rings. The van der Waals surface area contributed by atoms with Gasteiger partial charge in [-0.25, -0.2) is 8.78 Å². The molecule has 1 aromatic carbocycles. The van der Waals surface area contributed by atoms with E-state index < -0.39 is 11.6 Å². The van der Waals surface area contributed by atoms with E-state index in [0.717, 1.165) is 20.3 Å². The van der Waals surface area contributed by atoms with E-state index in [-0.39, 0.29) is 11.4 Å². The van der Waals surface area contributed by atoms with Crippen molar-refractivity contribution < 1.29 is 8.78 Å². The molecule has 0 spiro atoms. The number of nitrogens with zero attached hydrogens (tertiary/aromatic N) is 1. The van der Waals surface area contributed by atoms with E-state index in [1.807, 2.05) is 13.0 Å². The molecule has 0 saturated carbocycles. The van der Waals surface area contributed by atoms with Gasteiger partial charge in [0.1, 0.15) is 11.6 Å². The van der Waals surface area contributed by atoms with Gasteiger partial charge in [-0.05, 0) is 46.6 Å². The number of nitrogens with two attached hydrogens (primary N) is 1. The van der Waals surface area contributed by atoms with E-state index in [4.69, 9.17) is 5.73 Å². The number of hydrogen-bond donors (Lipinski definition) is 2. The number of aromatic nitrogens is 2. The molecule has 3 rings (SSSR count). The SMILES string of the molecule is Cc1cc(-c2[nH]nc(N)c2-c2ccc(F)cc2F)sc1Br. The molecule has 0 atom stereocenters. The smallest absolute Gasteiger partial charge is 0.153 e. The Kier molecular flexibility index (Phi) is 3.54. The van der Waals surface area contributed by atoms with Gasteiger partial charge in [-0.1, -0.05) is 0 Å². The molecule has 0 fully saturated rings. The van der Waals surface area contributed by atoms with E-state index in [2.05, 4.69) is 26.1 Å². The molecular weight excluding hydrogens is 360 g/mol. The zero-order valence-corrected chi connectivity index (χ0v) is 13.3. The number of hydrogen-bond acceptors (Lipinski definition) is 3. The maximum atomic E-state index is 14.0. The molecule has 2 aromatic heterocycles. The van der Waals surface area contributed by atoms with Crippen LogP contribution in [0, 0.1) is 18.6 Å². The summed E-state index contributed by atoms with van der Waals surface area (Å²) < 4.78 is 28.1. The number of halogens is 3. The van der Waals surface area contributed by atoms with Crippen LogP contribution in [0.4, 0.5) is 14.6 Å². The number of thiophene rings is 1. The number of benzene rings is 1. The van der Waals surface area contributed by atoms with Crippen molar-refractivity contribution in [1.29, 1.82) is 0 Å². The zero-order chi connectivity index (χ0) is 15.1. The average molecular weight is 370 g/mol. The van der Waals surface area contributed by atoms with Crippen molar-refractivity contribution in [2.24, 2.45) is 0 Å². The van der Waals surface area contributed by atoms with E-state index in [1.54, 1.807) is 0 Å². The monoisotopic (exact) mass is 369 g/mol. The number of H-pyrrole nitrogens is 1. The Labute approximate surface area is 131 Å². The Bertz CT molecular complexity index is 806. The number of nitrogen functional groups attached to an aromatic ring is 1. The summed E-state index contributed by atoms with van der Waals surface area (Å²) in [6, 6.07) is 5.35. The minimum Gasteiger partial charge on any atom is -0.382 e. The first-order valence-corrected chi connectivity index (χ1v) is 7.64. The number of nitrogens with one attached hydrogen (secondary N) is 1. The molecule has 3 nitrogen and oxygen atoms in total. The van der Waals surface area contributed by atoms with Gasteiger partial charge in [0.25, 0.3) is 0 Å². The van der Waals surface area contributed by atoms with E-state index in [1.165, 1.54) is 23.5 Å². The van der Waals surface area contributed by atoms with Crippen LogP contribution in [0.1, 0.15) is 5.56 Å². The van der Waals surface area contributed by atoms with Crippen molar-refractivity contribution in [1.82, 2.24) is 10.2 Å². The summed E-state index contributed by atoms with van der Waals surface area (Å²) in [5.74, 6) is -1.12. The standard InChI is InChI=1S/C14H10BrF2N3S/c1-6-4-10(21-13(6)15)12-11(14(18)20-19-12)8-3-2-7(16)5-9(8)17/h2-5H,1H3,(H3,18,19,20). The highest BCUT2D eigenvalue weighted by Crippen LogP contribution is 2.41. The lowest BCUT2D eigenvalue weighted by Crippen LogP contribution is -1.92. The Morgan fingerprint density at radius 3 is 2.67 bits per heavy atom. The summed E-state index contributed by atoms with van der Waals surface area (Å²) in [7, 11) is 0. The predicted octanol–water partition coefficient (Wildman–Crippen LogP) is 4.74. The lowest BCUT2D eigenvalue weighted by Gasteiger charge is -2.04. The molecule has 0 aliphatic heterocycles. The summed E-state index contributed by atoms with van der Waals surface area (Å²) >= 11 is 4.95. The van der Waals surface area contributed by atoms with Crippen molar-refractivity contribution in [3.05, 3.63) is 45.2 Å². The molecule has 2 heterocycles. The minimum absolute atomic E-state index is 0.178. The quantitative estimate of drug-likeness (QED) is 0.685. The number of anilines is 1. The van der Waals surface area contributed by atoms with Gasteiger partial charge in [0.15, 0.2) is 5.82 Å². The van der Waals surface area contributed by atoms with E-state index in [0.29, 0.717) is 11.3 Å². The van der Waals surface area contributed by atoms with Crippen LogP contribution in [-0.4, -0.2) is 10.2 Å². The Hall–Kier alpha value is -1.73. The van der Waals surface area contributed by atoms with Gasteiger partial charge in [0, 0.05) is 11.6 Å². The van der Waals surface area contributed by atoms with Gasteiger partial charge >= 0.3 is 0 Å².